The first kappa shape index (κ1) is 17.9. The number of aromatic carboxylic acids is 1. The van der Waals surface area contributed by atoms with Crippen LogP contribution in [0.2, 0.25) is 5.02 Å². The number of hydrogen-bond donors (Lipinski definition) is 2. The van der Waals surface area contributed by atoms with Gasteiger partial charge in [0.1, 0.15) is 10.6 Å². The van der Waals surface area contributed by atoms with Crippen LogP contribution in [-0.2, 0) is 4.79 Å². The van der Waals surface area contributed by atoms with Crippen molar-refractivity contribution in [3.05, 3.63) is 82.2 Å². The van der Waals surface area contributed by atoms with Gasteiger partial charge in [-0.1, -0.05) is 54.1 Å². The van der Waals surface area contributed by atoms with Gasteiger partial charge in [-0.15, -0.1) is 11.3 Å². The lowest BCUT2D eigenvalue weighted by molar-refractivity contribution is -0.111. The Morgan fingerprint density at radius 2 is 1.73 bits per heavy atom. The Hall–Kier alpha value is -2.89. The molecule has 0 unspecified atom stereocenters. The molecule has 0 aliphatic heterocycles. The van der Waals surface area contributed by atoms with Gasteiger partial charge in [0, 0.05) is 22.0 Å². The smallest absolute Gasteiger partial charge is 0.339 e. The highest BCUT2D eigenvalue weighted by atomic mass is 35.5. The molecule has 0 saturated carbocycles. The summed E-state index contributed by atoms with van der Waals surface area (Å²) in [5, 5.41) is 14.9. The summed E-state index contributed by atoms with van der Waals surface area (Å²) in [6.45, 7) is 0. The van der Waals surface area contributed by atoms with Gasteiger partial charge in [0.15, 0.2) is 0 Å². The first-order chi connectivity index (χ1) is 12.5. The highest BCUT2D eigenvalue weighted by Gasteiger charge is 2.20. The second kappa shape index (κ2) is 7.99. The Morgan fingerprint density at radius 3 is 2.38 bits per heavy atom. The molecule has 0 saturated heterocycles. The zero-order valence-corrected chi connectivity index (χ0v) is 15.1. The Labute approximate surface area is 159 Å². The number of thiophene rings is 1. The third-order valence-electron chi connectivity index (χ3n) is 3.62. The van der Waals surface area contributed by atoms with Gasteiger partial charge in [-0.2, -0.15) is 0 Å². The molecular formula is C20H14ClNO3S. The van der Waals surface area contributed by atoms with E-state index < -0.39 is 11.9 Å². The maximum absolute atomic E-state index is 12.2. The van der Waals surface area contributed by atoms with Gasteiger partial charge >= 0.3 is 5.97 Å². The Morgan fingerprint density at radius 1 is 1.04 bits per heavy atom. The molecule has 0 aliphatic carbocycles. The van der Waals surface area contributed by atoms with E-state index in [0.717, 1.165) is 11.1 Å². The molecule has 0 fully saturated rings. The van der Waals surface area contributed by atoms with E-state index in [1.165, 1.54) is 17.4 Å². The number of anilines is 1. The second-order valence-corrected chi connectivity index (χ2v) is 6.71. The van der Waals surface area contributed by atoms with Gasteiger partial charge < -0.3 is 10.4 Å². The van der Waals surface area contributed by atoms with E-state index in [4.69, 9.17) is 11.6 Å². The predicted octanol–water partition coefficient (Wildman–Crippen LogP) is 5.42. The summed E-state index contributed by atoms with van der Waals surface area (Å²) in [5.41, 5.74) is 2.28. The van der Waals surface area contributed by atoms with Crippen molar-refractivity contribution in [1.82, 2.24) is 0 Å². The molecule has 6 heteroatoms. The maximum atomic E-state index is 12.2. The number of carbonyl (C=O) groups excluding carboxylic acids is 1. The molecule has 1 amide bonds. The third-order valence-corrected chi connectivity index (χ3v) is 4.77. The number of amides is 1. The van der Waals surface area contributed by atoms with Crippen molar-refractivity contribution < 1.29 is 14.7 Å². The van der Waals surface area contributed by atoms with Crippen LogP contribution in [0.3, 0.4) is 0 Å². The Bertz CT molecular complexity index is 962. The Balaban J connectivity index is 1.81. The summed E-state index contributed by atoms with van der Waals surface area (Å²) >= 11 is 7.01. The van der Waals surface area contributed by atoms with E-state index in [1.807, 2.05) is 30.3 Å². The molecule has 0 bridgehead atoms. The van der Waals surface area contributed by atoms with Crippen molar-refractivity contribution in [2.24, 2.45) is 0 Å². The van der Waals surface area contributed by atoms with Crippen LogP contribution in [0.1, 0.15) is 15.9 Å². The van der Waals surface area contributed by atoms with Crippen LogP contribution < -0.4 is 5.32 Å². The SMILES string of the molecule is O=C(/C=C/c1ccc(Cl)cc1)Nc1scc(-c2ccccc2)c1C(=O)O. The minimum absolute atomic E-state index is 0.0921. The molecule has 3 rings (SSSR count). The van der Waals surface area contributed by atoms with E-state index >= 15 is 0 Å². The van der Waals surface area contributed by atoms with Crippen molar-refractivity contribution >= 4 is 45.9 Å². The quantitative estimate of drug-likeness (QED) is 0.578. The van der Waals surface area contributed by atoms with Crippen LogP contribution in [0.25, 0.3) is 17.2 Å². The molecule has 0 atom stereocenters. The first-order valence-electron chi connectivity index (χ1n) is 7.69. The maximum Gasteiger partial charge on any atom is 0.339 e. The standard InChI is InChI=1S/C20H14ClNO3S/c21-15-9-6-13(7-10-15)8-11-17(23)22-19-18(20(24)25)16(12-26-19)14-4-2-1-3-5-14/h1-12H,(H,22,23)(H,24,25)/b11-8+. The summed E-state index contributed by atoms with van der Waals surface area (Å²) in [4.78, 5) is 23.9. The molecule has 2 N–H and O–H groups in total. The molecule has 0 radical (unpaired) electrons. The van der Waals surface area contributed by atoms with E-state index in [2.05, 4.69) is 5.32 Å². The van der Waals surface area contributed by atoms with E-state index in [-0.39, 0.29) is 5.56 Å². The van der Waals surface area contributed by atoms with E-state index in [9.17, 15) is 14.7 Å². The van der Waals surface area contributed by atoms with Crippen LogP contribution in [0.15, 0.2) is 66.1 Å². The van der Waals surface area contributed by atoms with Gasteiger partial charge in [-0.05, 0) is 29.3 Å². The van der Waals surface area contributed by atoms with Gasteiger partial charge in [-0.25, -0.2) is 4.79 Å². The number of carbonyl (C=O) groups is 2. The molecule has 1 heterocycles. The van der Waals surface area contributed by atoms with Crippen molar-refractivity contribution in [1.29, 1.82) is 0 Å². The number of carboxylic acid groups (broad SMARTS) is 1. The van der Waals surface area contributed by atoms with E-state index in [0.29, 0.717) is 15.6 Å². The lowest BCUT2D eigenvalue weighted by atomic mass is 10.0. The lowest BCUT2D eigenvalue weighted by Gasteiger charge is -2.04. The zero-order chi connectivity index (χ0) is 18.5. The molecular weight excluding hydrogens is 370 g/mol. The molecule has 130 valence electrons. The molecule has 4 nitrogen and oxygen atoms in total. The topological polar surface area (TPSA) is 66.4 Å². The highest BCUT2D eigenvalue weighted by Crippen LogP contribution is 2.35. The predicted molar refractivity (Wildman–Crippen MR) is 106 cm³/mol. The van der Waals surface area contributed by atoms with Crippen LogP contribution >= 0.6 is 22.9 Å². The van der Waals surface area contributed by atoms with Crippen molar-refractivity contribution in [2.45, 2.75) is 0 Å². The molecule has 0 aliphatic rings. The molecule has 0 spiro atoms. The largest absolute Gasteiger partial charge is 0.478 e. The number of benzene rings is 2. The zero-order valence-electron chi connectivity index (χ0n) is 13.5. The number of halogens is 1. The minimum atomic E-state index is -1.08. The minimum Gasteiger partial charge on any atom is -0.478 e. The van der Waals surface area contributed by atoms with Gasteiger partial charge in [0.2, 0.25) is 5.91 Å². The van der Waals surface area contributed by atoms with E-state index in [1.54, 1.807) is 35.7 Å². The second-order valence-electron chi connectivity index (χ2n) is 5.40. The van der Waals surface area contributed by atoms with Crippen LogP contribution in [-0.4, -0.2) is 17.0 Å². The van der Waals surface area contributed by atoms with Gasteiger partial charge in [0.25, 0.3) is 0 Å². The normalized spacial score (nSPS) is 10.8. The number of rotatable bonds is 5. The summed E-state index contributed by atoms with van der Waals surface area (Å²) in [5.74, 6) is -1.48. The first-order valence-corrected chi connectivity index (χ1v) is 8.95. The highest BCUT2D eigenvalue weighted by molar-refractivity contribution is 7.15. The third kappa shape index (κ3) is 4.20. The summed E-state index contributed by atoms with van der Waals surface area (Å²) < 4.78 is 0. The van der Waals surface area contributed by atoms with Crippen LogP contribution in [0.5, 0.6) is 0 Å². The summed E-state index contributed by atoms with van der Waals surface area (Å²) in [7, 11) is 0. The number of carboxylic acids is 1. The fourth-order valence-electron chi connectivity index (χ4n) is 2.39. The van der Waals surface area contributed by atoms with Gasteiger partial charge in [-0.3, -0.25) is 4.79 Å². The fraction of sp³-hybridized carbons (Fsp3) is 0. The molecule has 2 aromatic carbocycles. The van der Waals surface area contributed by atoms with Gasteiger partial charge in [0.05, 0.1) is 0 Å². The van der Waals surface area contributed by atoms with Crippen molar-refractivity contribution in [2.75, 3.05) is 5.32 Å². The van der Waals surface area contributed by atoms with Crippen LogP contribution in [0.4, 0.5) is 5.00 Å². The van der Waals surface area contributed by atoms with Crippen molar-refractivity contribution in [3.63, 3.8) is 0 Å². The summed E-state index contributed by atoms with van der Waals surface area (Å²) in [6.07, 6.45) is 2.99. The lowest BCUT2D eigenvalue weighted by Crippen LogP contribution is -2.10. The number of hydrogen-bond acceptors (Lipinski definition) is 3. The summed E-state index contributed by atoms with van der Waals surface area (Å²) in [6, 6.07) is 16.2. The average molecular weight is 384 g/mol. The molecule has 26 heavy (non-hydrogen) atoms. The van der Waals surface area contributed by atoms with Crippen molar-refractivity contribution in [3.8, 4) is 11.1 Å². The molecule has 1 aromatic heterocycles. The number of nitrogens with one attached hydrogen (secondary N) is 1. The average Bonchev–Trinajstić information content (AvgIpc) is 3.06. The van der Waals surface area contributed by atoms with Crippen LogP contribution in [0, 0.1) is 0 Å². The Kier molecular flexibility index (Phi) is 5.51. The molecule has 3 aromatic rings. The fourth-order valence-corrected chi connectivity index (χ4v) is 3.48. The monoisotopic (exact) mass is 383 g/mol.